The van der Waals surface area contributed by atoms with Gasteiger partial charge < -0.3 is 15.0 Å². The molecular weight excluding hydrogens is 562 g/mol. The van der Waals surface area contributed by atoms with E-state index in [9.17, 15) is 18.0 Å². The fourth-order valence-electron chi connectivity index (χ4n) is 4.27. The molecule has 220 valence electrons. The van der Waals surface area contributed by atoms with Gasteiger partial charge in [-0.15, -0.1) is 0 Å². The predicted molar refractivity (Wildman–Crippen MR) is 163 cm³/mol. The lowest BCUT2D eigenvalue weighted by atomic mass is 10.1. The maximum absolute atomic E-state index is 14.1. The molecule has 0 spiro atoms. The third-order valence-corrected chi connectivity index (χ3v) is 8.44. The van der Waals surface area contributed by atoms with Crippen molar-refractivity contribution in [2.45, 2.75) is 64.1 Å². The van der Waals surface area contributed by atoms with Crippen LogP contribution in [0.1, 0.15) is 45.2 Å². The topological polar surface area (TPSA) is 96.0 Å². The molecule has 0 aliphatic heterocycles. The Morgan fingerprint density at radius 1 is 0.951 bits per heavy atom. The average molecular weight is 600 g/mol. The van der Waals surface area contributed by atoms with E-state index in [4.69, 9.17) is 16.3 Å². The molecule has 41 heavy (non-hydrogen) atoms. The number of halogens is 1. The van der Waals surface area contributed by atoms with Gasteiger partial charge in [0.25, 0.3) is 10.0 Å². The minimum absolute atomic E-state index is 0.0495. The molecule has 1 atom stereocenters. The molecule has 0 radical (unpaired) electrons. The second-order valence-corrected chi connectivity index (χ2v) is 13.1. The van der Waals surface area contributed by atoms with Crippen molar-refractivity contribution in [1.82, 2.24) is 10.2 Å². The van der Waals surface area contributed by atoms with Gasteiger partial charge in [-0.2, -0.15) is 0 Å². The standard InChI is InChI=1S/C31H38ClN3O5S/c1-7-28(30(37)33-31(3,4)5)34(20-23-10-12-24(32)13-11-23)29(36)21-35(25-14-16-26(40-6)17-15-25)41(38,39)27-18-8-22(2)9-19-27/h8-19,28H,7,20-21H2,1-6H3,(H,33,37)/t28-/m0/s1. The molecule has 0 saturated heterocycles. The maximum Gasteiger partial charge on any atom is 0.264 e. The molecule has 3 aromatic carbocycles. The van der Waals surface area contributed by atoms with E-state index in [1.165, 1.54) is 24.1 Å². The summed E-state index contributed by atoms with van der Waals surface area (Å²) < 4.78 is 34.2. The van der Waals surface area contributed by atoms with Crippen molar-refractivity contribution >= 4 is 39.1 Å². The Hall–Kier alpha value is -3.56. The van der Waals surface area contributed by atoms with Gasteiger partial charge in [-0.3, -0.25) is 13.9 Å². The number of hydrogen-bond donors (Lipinski definition) is 1. The molecule has 10 heteroatoms. The van der Waals surface area contributed by atoms with Crippen LogP contribution in [0.2, 0.25) is 5.02 Å². The van der Waals surface area contributed by atoms with E-state index in [0.29, 0.717) is 22.9 Å². The van der Waals surface area contributed by atoms with Crippen LogP contribution in [0, 0.1) is 6.92 Å². The summed E-state index contributed by atoms with van der Waals surface area (Å²) in [4.78, 5) is 29.0. The van der Waals surface area contributed by atoms with Crippen molar-refractivity contribution in [2.24, 2.45) is 0 Å². The van der Waals surface area contributed by atoms with Crippen LogP contribution < -0.4 is 14.4 Å². The first kappa shape index (κ1) is 32.0. The van der Waals surface area contributed by atoms with Crippen molar-refractivity contribution in [3.8, 4) is 5.75 Å². The molecule has 8 nitrogen and oxygen atoms in total. The fraction of sp³-hybridized carbons (Fsp3) is 0.355. The number of hydrogen-bond acceptors (Lipinski definition) is 5. The lowest BCUT2D eigenvalue weighted by Gasteiger charge is -2.34. The molecule has 2 amide bonds. The summed E-state index contributed by atoms with van der Waals surface area (Å²) in [6.45, 7) is 8.85. The lowest BCUT2D eigenvalue weighted by Crippen LogP contribution is -2.55. The first-order valence-corrected chi connectivity index (χ1v) is 15.2. The van der Waals surface area contributed by atoms with Crippen LogP contribution in [0.3, 0.4) is 0 Å². The summed E-state index contributed by atoms with van der Waals surface area (Å²) in [7, 11) is -2.64. The summed E-state index contributed by atoms with van der Waals surface area (Å²) in [5, 5.41) is 3.50. The Morgan fingerprint density at radius 3 is 2.05 bits per heavy atom. The summed E-state index contributed by atoms with van der Waals surface area (Å²) >= 11 is 6.07. The second-order valence-electron chi connectivity index (χ2n) is 10.8. The summed E-state index contributed by atoms with van der Waals surface area (Å²) in [6.07, 6.45) is 0.328. The average Bonchev–Trinajstić information content (AvgIpc) is 2.92. The third-order valence-electron chi connectivity index (χ3n) is 6.40. The number of amides is 2. The van der Waals surface area contributed by atoms with Gasteiger partial charge in [0.2, 0.25) is 11.8 Å². The van der Waals surface area contributed by atoms with Crippen molar-refractivity contribution in [3.05, 3.63) is 88.9 Å². The first-order valence-electron chi connectivity index (χ1n) is 13.3. The summed E-state index contributed by atoms with van der Waals surface area (Å²) in [5.41, 5.74) is 1.42. The SMILES string of the molecule is CC[C@@H](C(=O)NC(C)(C)C)N(Cc1ccc(Cl)cc1)C(=O)CN(c1ccc(OC)cc1)S(=O)(=O)c1ccc(C)cc1. The first-order chi connectivity index (χ1) is 19.2. The largest absolute Gasteiger partial charge is 0.497 e. The predicted octanol–water partition coefficient (Wildman–Crippen LogP) is 5.57. The number of nitrogens with one attached hydrogen (secondary N) is 1. The molecular formula is C31H38ClN3O5S. The molecule has 0 bridgehead atoms. The molecule has 0 aliphatic rings. The monoisotopic (exact) mass is 599 g/mol. The van der Waals surface area contributed by atoms with Gasteiger partial charge in [-0.25, -0.2) is 8.42 Å². The number of ether oxygens (including phenoxy) is 1. The molecule has 0 aliphatic carbocycles. The highest BCUT2D eigenvalue weighted by atomic mass is 35.5. The van der Waals surface area contributed by atoms with Crippen LogP contribution in [0.5, 0.6) is 5.75 Å². The van der Waals surface area contributed by atoms with Crippen LogP contribution in [0.15, 0.2) is 77.7 Å². The van der Waals surface area contributed by atoms with E-state index >= 15 is 0 Å². The van der Waals surface area contributed by atoms with Crippen LogP contribution in [0.25, 0.3) is 0 Å². The Bertz CT molecular complexity index is 1440. The van der Waals surface area contributed by atoms with Crippen LogP contribution >= 0.6 is 11.6 Å². The lowest BCUT2D eigenvalue weighted by molar-refractivity contribution is -0.141. The zero-order chi connectivity index (χ0) is 30.4. The number of benzene rings is 3. The summed E-state index contributed by atoms with van der Waals surface area (Å²) in [5.74, 6) is -0.302. The highest BCUT2D eigenvalue weighted by Gasteiger charge is 2.34. The van der Waals surface area contributed by atoms with Crippen molar-refractivity contribution in [1.29, 1.82) is 0 Å². The Labute approximate surface area is 248 Å². The maximum atomic E-state index is 14.1. The van der Waals surface area contributed by atoms with E-state index in [0.717, 1.165) is 15.4 Å². The third kappa shape index (κ3) is 8.47. The minimum atomic E-state index is -4.15. The summed E-state index contributed by atoms with van der Waals surface area (Å²) in [6, 6.07) is 19.0. The van der Waals surface area contributed by atoms with Gasteiger partial charge >= 0.3 is 0 Å². The minimum Gasteiger partial charge on any atom is -0.497 e. The van der Waals surface area contributed by atoms with E-state index in [1.54, 1.807) is 60.7 Å². The van der Waals surface area contributed by atoms with Crippen LogP contribution in [-0.2, 0) is 26.2 Å². The van der Waals surface area contributed by atoms with Crippen LogP contribution in [0.4, 0.5) is 5.69 Å². The van der Waals surface area contributed by atoms with E-state index in [-0.39, 0.29) is 17.3 Å². The molecule has 0 heterocycles. The Morgan fingerprint density at radius 2 is 1.54 bits per heavy atom. The van der Waals surface area contributed by atoms with Gasteiger partial charge in [0, 0.05) is 17.1 Å². The van der Waals surface area contributed by atoms with Crippen molar-refractivity contribution < 1.29 is 22.7 Å². The number of anilines is 1. The molecule has 0 aromatic heterocycles. The Kier molecular flexibility index (Phi) is 10.4. The van der Waals surface area contributed by atoms with Gasteiger partial charge in [0.05, 0.1) is 17.7 Å². The fourth-order valence-corrected chi connectivity index (χ4v) is 5.81. The molecule has 1 N–H and O–H groups in total. The zero-order valence-corrected chi connectivity index (χ0v) is 25.9. The molecule has 3 aromatic rings. The number of nitrogens with zero attached hydrogens (tertiary/aromatic N) is 2. The number of methoxy groups -OCH3 is 1. The molecule has 0 unspecified atom stereocenters. The molecule has 3 rings (SSSR count). The van der Waals surface area contributed by atoms with Gasteiger partial charge in [-0.05, 0) is 88.2 Å². The van der Waals surface area contributed by atoms with Gasteiger partial charge in [-0.1, -0.05) is 48.4 Å². The smallest absolute Gasteiger partial charge is 0.264 e. The van der Waals surface area contributed by atoms with Gasteiger partial charge in [0.15, 0.2) is 0 Å². The van der Waals surface area contributed by atoms with Crippen LogP contribution in [-0.4, -0.2) is 50.4 Å². The molecule has 0 saturated carbocycles. The normalized spacial score (nSPS) is 12.4. The van der Waals surface area contributed by atoms with Gasteiger partial charge in [0.1, 0.15) is 18.3 Å². The highest BCUT2D eigenvalue weighted by Crippen LogP contribution is 2.27. The molecule has 0 fully saturated rings. The highest BCUT2D eigenvalue weighted by molar-refractivity contribution is 7.92. The zero-order valence-electron chi connectivity index (χ0n) is 24.3. The van der Waals surface area contributed by atoms with E-state index in [2.05, 4.69) is 5.32 Å². The number of aryl methyl sites for hydroxylation is 1. The second kappa shape index (κ2) is 13.4. The van der Waals surface area contributed by atoms with Crippen molar-refractivity contribution in [2.75, 3.05) is 18.0 Å². The number of rotatable bonds is 11. The number of carbonyl (C=O) groups is 2. The quantitative estimate of drug-likeness (QED) is 0.311. The van der Waals surface area contributed by atoms with E-state index in [1.807, 2.05) is 34.6 Å². The van der Waals surface area contributed by atoms with E-state index < -0.39 is 34.1 Å². The number of carbonyl (C=O) groups excluding carboxylic acids is 2. The van der Waals surface area contributed by atoms with Crippen molar-refractivity contribution in [3.63, 3.8) is 0 Å². The Balaban J connectivity index is 2.07. The number of sulfonamides is 1.